The van der Waals surface area contributed by atoms with Crippen LogP contribution in [0.1, 0.15) is 17.2 Å². The summed E-state index contributed by atoms with van der Waals surface area (Å²) in [7, 11) is 1.87. The minimum absolute atomic E-state index is 0.142. The topological polar surface area (TPSA) is 55.9 Å². The molecular weight excluding hydrogens is 304 g/mol. The van der Waals surface area contributed by atoms with E-state index in [1.807, 2.05) is 31.4 Å². The van der Waals surface area contributed by atoms with Crippen molar-refractivity contribution in [2.45, 2.75) is 6.04 Å². The first kappa shape index (κ1) is 12.6. The molecule has 0 spiro atoms. The van der Waals surface area contributed by atoms with E-state index in [1.54, 1.807) is 10.9 Å². The van der Waals surface area contributed by atoms with Crippen LogP contribution in [-0.2, 0) is 7.05 Å². The van der Waals surface area contributed by atoms with Gasteiger partial charge in [0.05, 0.1) is 12.2 Å². The molecule has 4 nitrogen and oxygen atoms in total. The molecule has 1 heterocycles. The second-order valence-electron chi connectivity index (χ2n) is 3.71. The van der Waals surface area contributed by atoms with Gasteiger partial charge in [-0.15, -0.1) is 0 Å². The molecule has 0 aliphatic heterocycles. The van der Waals surface area contributed by atoms with E-state index in [2.05, 4.69) is 26.5 Å². The molecule has 0 saturated carbocycles. The largest absolute Gasteiger partial charge is 0.275 e. The van der Waals surface area contributed by atoms with Crippen molar-refractivity contribution in [1.82, 2.24) is 15.2 Å². The minimum atomic E-state index is -0.142. The van der Waals surface area contributed by atoms with Gasteiger partial charge in [-0.05, 0) is 23.8 Å². The van der Waals surface area contributed by atoms with Crippen molar-refractivity contribution in [3.05, 3.63) is 51.2 Å². The quantitative estimate of drug-likeness (QED) is 0.675. The first-order chi connectivity index (χ1) is 8.11. The van der Waals surface area contributed by atoms with Gasteiger partial charge in [-0.25, -0.2) is 5.43 Å². The maximum Gasteiger partial charge on any atom is 0.0752 e. The molecule has 0 aliphatic rings. The van der Waals surface area contributed by atoms with E-state index in [-0.39, 0.29) is 6.04 Å². The summed E-state index contributed by atoms with van der Waals surface area (Å²) in [6.07, 6.45) is 3.69. The van der Waals surface area contributed by atoms with Crippen molar-refractivity contribution in [2.75, 3.05) is 0 Å². The zero-order chi connectivity index (χ0) is 12.4. The number of aryl methyl sites for hydroxylation is 1. The number of nitrogens with two attached hydrogens (primary N) is 1. The van der Waals surface area contributed by atoms with Crippen molar-refractivity contribution in [2.24, 2.45) is 12.9 Å². The fourth-order valence-electron chi connectivity index (χ4n) is 1.69. The maximum absolute atomic E-state index is 6.00. The molecule has 90 valence electrons. The molecule has 0 amide bonds. The first-order valence-electron chi connectivity index (χ1n) is 5.01. The SMILES string of the molecule is Cn1cc(C(NN)c2cc(Cl)ccc2Br)cn1. The van der Waals surface area contributed by atoms with Gasteiger partial charge >= 0.3 is 0 Å². The monoisotopic (exact) mass is 314 g/mol. The highest BCUT2D eigenvalue weighted by molar-refractivity contribution is 9.10. The summed E-state index contributed by atoms with van der Waals surface area (Å²) in [5.74, 6) is 5.61. The molecule has 0 fully saturated rings. The van der Waals surface area contributed by atoms with Gasteiger partial charge in [-0.2, -0.15) is 5.10 Å². The predicted octanol–water partition coefficient (Wildman–Crippen LogP) is 2.39. The molecule has 1 aromatic carbocycles. The summed E-state index contributed by atoms with van der Waals surface area (Å²) in [6, 6.07) is 5.46. The molecule has 3 N–H and O–H groups in total. The third-order valence-corrected chi connectivity index (χ3v) is 3.45. The summed E-state index contributed by atoms with van der Waals surface area (Å²) in [5, 5.41) is 4.81. The van der Waals surface area contributed by atoms with Crippen molar-refractivity contribution in [3.8, 4) is 0 Å². The Morgan fingerprint density at radius 3 is 2.88 bits per heavy atom. The fraction of sp³-hybridized carbons (Fsp3) is 0.182. The molecule has 1 aromatic heterocycles. The van der Waals surface area contributed by atoms with Crippen LogP contribution in [-0.4, -0.2) is 9.78 Å². The molecule has 6 heteroatoms. The van der Waals surface area contributed by atoms with Crippen molar-refractivity contribution < 1.29 is 0 Å². The maximum atomic E-state index is 6.00. The Kier molecular flexibility index (Phi) is 3.83. The van der Waals surface area contributed by atoms with Crippen LogP contribution in [0.3, 0.4) is 0 Å². The standard InChI is InChI=1S/C11H12BrClN4/c1-17-6-7(5-15-17)11(16-14)9-4-8(13)2-3-10(9)12/h2-6,11,16H,14H2,1H3. The van der Waals surface area contributed by atoms with Crippen LogP contribution in [0.5, 0.6) is 0 Å². The van der Waals surface area contributed by atoms with Gasteiger partial charge in [0.2, 0.25) is 0 Å². The number of nitrogens with one attached hydrogen (secondary N) is 1. The highest BCUT2D eigenvalue weighted by Gasteiger charge is 2.17. The number of halogens is 2. The lowest BCUT2D eigenvalue weighted by Crippen LogP contribution is -2.28. The van der Waals surface area contributed by atoms with E-state index in [0.29, 0.717) is 5.02 Å². The normalized spacial score (nSPS) is 12.7. The molecule has 0 radical (unpaired) electrons. The average Bonchev–Trinajstić information content (AvgIpc) is 2.71. The lowest BCUT2D eigenvalue weighted by Gasteiger charge is -2.16. The molecule has 0 aliphatic carbocycles. The molecule has 17 heavy (non-hydrogen) atoms. The Morgan fingerprint density at radius 1 is 1.53 bits per heavy atom. The molecule has 1 atom stereocenters. The predicted molar refractivity (Wildman–Crippen MR) is 71.5 cm³/mol. The zero-order valence-electron chi connectivity index (χ0n) is 9.19. The number of hydrogen-bond donors (Lipinski definition) is 2. The van der Waals surface area contributed by atoms with E-state index in [4.69, 9.17) is 17.4 Å². The van der Waals surface area contributed by atoms with Crippen molar-refractivity contribution in [3.63, 3.8) is 0 Å². The van der Waals surface area contributed by atoms with Gasteiger partial charge in [0, 0.05) is 28.3 Å². The highest BCUT2D eigenvalue weighted by Crippen LogP contribution is 2.30. The van der Waals surface area contributed by atoms with Gasteiger partial charge in [0.1, 0.15) is 0 Å². The molecule has 2 aromatic rings. The van der Waals surface area contributed by atoms with Crippen LogP contribution in [0, 0.1) is 0 Å². The van der Waals surface area contributed by atoms with E-state index >= 15 is 0 Å². The van der Waals surface area contributed by atoms with Gasteiger partial charge in [-0.1, -0.05) is 27.5 Å². The van der Waals surface area contributed by atoms with E-state index in [0.717, 1.165) is 15.6 Å². The van der Waals surface area contributed by atoms with Crippen LogP contribution in [0.4, 0.5) is 0 Å². The Labute approximate surface area is 113 Å². The first-order valence-corrected chi connectivity index (χ1v) is 6.18. The van der Waals surface area contributed by atoms with E-state index in [9.17, 15) is 0 Å². The zero-order valence-corrected chi connectivity index (χ0v) is 11.5. The van der Waals surface area contributed by atoms with E-state index in [1.165, 1.54) is 0 Å². The van der Waals surface area contributed by atoms with Gasteiger partial charge < -0.3 is 0 Å². The van der Waals surface area contributed by atoms with Gasteiger partial charge in [0.25, 0.3) is 0 Å². The van der Waals surface area contributed by atoms with Crippen molar-refractivity contribution in [1.29, 1.82) is 0 Å². The minimum Gasteiger partial charge on any atom is -0.275 e. The third-order valence-electron chi connectivity index (χ3n) is 2.49. The molecule has 1 unspecified atom stereocenters. The summed E-state index contributed by atoms with van der Waals surface area (Å²) >= 11 is 9.49. The Hall–Kier alpha value is -0.880. The van der Waals surface area contributed by atoms with Crippen molar-refractivity contribution >= 4 is 27.5 Å². The van der Waals surface area contributed by atoms with Crippen LogP contribution in [0.25, 0.3) is 0 Å². The Morgan fingerprint density at radius 2 is 2.29 bits per heavy atom. The third kappa shape index (κ3) is 2.69. The van der Waals surface area contributed by atoms with Crippen LogP contribution in [0.15, 0.2) is 35.1 Å². The number of hydrogen-bond acceptors (Lipinski definition) is 3. The number of hydrazine groups is 1. The Balaban J connectivity index is 2.45. The Bertz CT molecular complexity index is 526. The average molecular weight is 316 g/mol. The molecule has 2 rings (SSSR count). The highest BCUT2D eigenvalue weighted by atomic mass is 79.9. The number of aromatic nitrogens is 2. The fourth-order valence-corrected chi connectivity index (χ4v) is 2.35. The number of benzene rings is 1. The molecular formula is C11H12BrClN4. The summed E-state index contributed by atoms with van der Waals surface area (Å²) in [4.78, 5) is 0. The summed E-state index contributed by atoms with van der Waals surface area (Å²) < 4.78 is 2.69. The number of nitrogens with zero attached hydrogens (tertiary/aromatic N) is 2. The molecule has 0 bridgehead atoms. The van der Waals surface area contributed by atoms with E-state index < -0.39 is 0 Å². The van der Waals surface area contributed by atoms with Gasteiger partial charge in [0.15, 0.2) is 0 Å². The smallest absolute Gasteiger partial charge is 0.0752 e. The lowest BCUT2D eigenvalue weighted by molar-refractivity contribution is 0.633. The second kappa shape index (κ2) is 5.18. The second-order valence-corrected chi connectivity index (χ2v) is 5.00. The molecule has 0 saturated heterocycles. The lowest BCUT2D eigenvalue weighted by atomic mass is 10.0. The number of rotatable bonds is 3. The summed E-state index contributed by atoms with van der Waals surface area (Å²) in [6.45, 7) is 0. The van der Waals surface area contributed by atoms with Gasteiger partial charge in [-0.3, -0.25) is 10.5 Å². The van der Waals surface area contributed by atoms with Crippen LogP contribution >= 0.6 is 27.5 Å². The van der Waals surface area contributed by atoms with Crippen LogP contribution in [0.2, 0.25) is 5.02 Å². The summed E-state index contributed by atoms with van der Waals surface area (Å²) in [5.41, 5.74) is 4.74. The van der Waals surface area contributed by atoms with Crippen LogP contribution < -0.4 is 11.3 Å².